The molecule has 1 N–H and O–H groups in total. The predicted molar refractivity (Wildman–Crippen MR) is 116 cm³/mol. The minimum absolute atomic E-state index is 0.175. The molecular formula is C24H24F3NO5. The summed E-state index contributed by atoms with van der Waals surface area (Å²) in [6.45, 7) is 5.11. The summed E-state index contributed by atoms with van der Waals surface area (Å²) in [7, 11) is 0. The average molecular weight is 463 g/mol. The fraction of sp³-hybridized carbons (Fsp3) is 0.333. The van der Waals surface area contributed by atoms with Gasteiger partial charge in [0.05, 0.1) is 5.52 Å². The van der Waals surface area contributed by atoms with Gasteiger partial charge in [-0.1, -0.05) is 24.3 Å². The molecular weight excluding hydrogens is 439 g/mol. The first-order valence-electron chi connectivity index (χ1n) is 10.3. The normalized spacial score (nSPS) is 12.7. The third-order valence-electron chi connectivity index (χ3n) is 5.29. The number of carbonyl (C=O) groups is 2. The third-order valence-corrected chi connectivity index (χ3v) is 5.29. The lowest BCUT2D eigenvalue weighted by molar-refractivity contribution is -0.274. The number of hydrogen-bond acceptors (Lipinski definition) is 4. The van der Waals surface area contributed by atoms with Crippen molar-refractivity contribution in [3.05, 3.63) is 64.8 Å². The van der Waals surface area contributed by atoms with Crippen molar-refractivity contribution < 1.29 is 37.3 Å². The quantitative estimate of drug-likeness (QED) is 0.501. The largest absolute Gasteiger partial charge is 0.573 e. The van der Waals surface area contributed by atoms with Gasteiger partial charge in [0, 0.05) is 31.0 Å². The number of carbonyl (C=O) groups excluding carboxylic acids is 1. The molecule has 176 valence electrons. The number of benzene rings is 2. The Morgan fingerprint density at radius 2 is 1.82 bits per heavy atom. The zero-order chi connectivity index (χ0) is 24.3. The molecule has 1 aromatic heterocycles. The number of alkyl halides is 3. The van der Waals surface area contributed by atoms with Crippen molar-refractivity contribution in [1.29, 1.82) is 0 Å². The molecule has 0 bridgehead atoms. The number of aliphatic carboxylic acids is 1. The standard InChI is InChI=1S/C24H24F3NO5/c1-4-32-22(23(30)31)12-17-7-5-6-16(10-17)11-19-14(2)28(15(3)29)21-9-8-18(13-20(19)21)33-24(25,26)27/h5-10,13,22H,4,11-12H2,1-3H3,(H,30,31). The minimum Gasteiger partial charge on any atom is -0.479 e. The summed E-state index contributed by atoms with van der Waals surface area (Å²) in [5.41, 5.74) is 3.36. The molecule has 9 heteroatoms. The van der Waals surface area contributed by atoms with Gasteiger partial charge >= 0.3 is 12.3 Å². The molecule has 3 rings (SSSR count). The lowest BCUT2D eigenvalue weighted by Gasteiger charge is -2.13. The van der Waals surface area contributed by atoms with Gasteiger partial charge in [0.1, 0.15) is 5.75 Å². The van der Waals surface area contributed by atoms with Crippen LogP contribution in [0.25, 0.3) is 10.9 Å². The summed E-state index contributed by atoms with van der Waals surface area (Å²) >= 11 is 0. The second-order valence-electron chi connectivity index (χ2n) is 7.63. The zero-order valence-corrected chi connectivity index (χ0v) is 18.4. The van der Waals surface area contributed by atoms with Gasteiger partial charge in [-0.05, 0) is 55.2 Å². The number of fused-ring (bicyclic) bond motifs is 1. The lowest BCUT2D eigenvalue weighted by atomic mass is 9.98. The average Bonchev–Trinajstić information content (AvgIpc) is 2.98. The molecule has 3 aromatic rings. The van der Waals surface area contributed by atoms with E-state index in [1.807, 2.05) is 12.1 Å². The van der Waals surface area contributed by atoms with Gasteiger partial charge in [-0.25, -0.2) is 4.79 Å². The molecule has 0 aliphatic carbocycles. The van der Waals surface area contributed by atoms with Crippen LogP contribution < -0.4 is 4.74 Å². The monoisotopic (exact) mass is 463 g/mol. The van der Waals surface area contributed by atoms with Crippen LogP contribution in [0.1, 0.15) is 41.0 Å². The summed E-state index contributed by atoms with van der Waals surface area (Å²) < 4.78 is 49.0. The molecule has 0 saturated carbocycles. The Morgan fingerprint density at radius 1 is 1.12 bits per heavy atom. The molecule has 0 spiro atoms. The van der Waals surface area contributed by atoms with E-state index in [0.29, 0.717) is 28.6 Å². The molecule has 0 saturated heterocycles. The number of halogens is 3. The van der Waals surface area contributed by atoms with Gasteiger partial charge in [0.2, 0.25) is 5.91 Å². The van der Waals surface area contributed by atoms with E-state index >= 15 is 0 Å². The zero-order valence-electron chi connectivity index (χ0n) is 18.4. The van der Waals surface area contributed by atoms with E-state index < -0.39 is 18.4 Å². The van der Waals surface area contributed by atoms with Gasteiger partial charge < -0.3 is 14.6 Å². The highest BCUT2D eigenvalue weighted by molar-refractivity contribution is 5.96. The number of rotatable bonds is 8. The first kappa shape index (κ1) is 24.3. The van der Waals surface area contributed by atoms with E-state index in [2.05, 4.69) is 4.74 Å². The van der Waals surface area contributed by atoms with E-state index in [-0.39, 0.29) is 24.7 Å². The van der Waals surface area contributed by atoms with Crippen LogP contribution in [0.2, 0.25) is 0 Å². The SMILES string of the molecule is CCOC(Cc1cccc(Cc2c(C)n(C(C)=O)c3ccc(OC(F)(F)F)cc23)c1)C(=O)O. The van der Waals surface area contributed by atoms with E-state index in [0.717, 1.165) is 11.1 Å². The molecule has 0 amide bonds. The van der Waals surface area contributed by atoms with Crippen molar-refractivity contribution in [3.8, 4) is 5.75 Å². The van der Waals surface area contributed by atoms with E-state index in [1.54, 1.807) is 26.0 Å². The summed E-state index contributed by atoms with van der Waals surface area (Å²) in [5, 5.41) is 9.81. The van der Waals surface area contributed by atoms with Gasteiger partial charge in [-0.15, -0.1) is 13.2 Å². The molecule has 1 atom stereocenters. The Kier molecular flexibility index (Phi) is 7.12. The maximum atomic E-state index is 12.7. The molecule has 33 heavy (non-hydrogen) atoms. The molecule has 0 fully saturated rings. The first-order valence-corrected chi connectivity index (χ1v) is 10.3. The number of hydrogen-bond donors (Lipinski definition) is 1. The van der Waals surface area contributed by atoms with E-state index in [4.69, 9.17) is 4.74 Å². The van der Waals surface area contributed by atoms with Crippen molar-refractivity contribution in [3.63, 3.8) is 0 Å². The second-order valence-corrected chi connectivity index (χ2v) is 7.63. The number of nitrogens with zero attached hydrogens (tertiary/aromatic N) is 1. The topological polar surface area (TPSA) is 77.8 Å². The summed E-state index contributed by atoms with van der Waals surface area (Å²) in [4.78, 5) is 23.6. The first-order chi connectivity index (χ1) is 15.5. The van der Waals surface area contributed by atoms with Crippen LogP contribution in [-0.2, 0) is 22.4 Å². The van der Waals surface area contributed by atoms with Crippen LogP contribution in [0.3, 0.4) is 0 Å². The number of carboxylic acids is 1. The Balaban J connectivity index is 2.01. The Labute approximate surface area is 188 Å². The maximum absolute atomic E-state index is 12.7. The van der Waals surface area contributed by atoms with Crippen LogP contribution in [0.15, 0.2) is 42.5 Å². The Bertz CT molecular complexity index is 1180. The molecule has 1 heterocycles. The van der Waals surface area contributed by atoms with Crippen LogP contribution in [0.4, 0.5) is 13.2 Å². The fourth-order valence-corrected chi connectivity index (χ4v) is 3.99. The summed E-state index contributed by atoms with van der Waals surface area (Å²) in [5.74, 6) is -1.69. The number of aromatic nitrogens is 1. The minimum atomic E-state index is -4.83. The molecule has 0 aliphatic heterocycles. The van der Waals surface area contributed by atoms with E-state index in [1.165, 1.54) is 29.7 Å². The summed E-state index contributed by atoms with van der Waals surface area (Å²) in [6.07, 6.45) is -5.30. The molecule has 0 radical (unpaired) electrons. The summed E-state index contributed by atoms with van der Waals surface area (Å²) in [6, 6.07) is 11.1. The van der Waals surface area contributed by atoms with Gasteiger partial charge in [-0.3, -0.25) is 9.36 Å². The Hall–Kier alpha value is -3.33. The number of carboxylic acid groups (broad SMARTS) is 1. The van der Waals surface area contributed by atoms with Crippen molar-refractivity contribution in [2.24, 2.45) is 0 Å². The third kappa shape index (κ3) is 5.73. The highest BCUT2D eigenvalue weighted by Gasteiger charge is 2.31. The van der Waals surface area contributed by atoms with Gasteiger partial charge in [0.25, 0.3) is 0 Å². The van der Waals surface area contributed by atoms with Gasteiger partial charge in [0.15, 0.2) is 6.10 Å². The molecule has 2 aromatic carbocycles. The van der Waals surface area contributed by atoms with Crippen molar-refractivity contribution >= 4 is 22.8 Å². The highest BCUT2D eigenvalue weighted by Crippen LogP contribution is 2.33. The molecule has 1 unspecified atom stereocenters. The fourth-order valence-electron chi connectivity index (χ4n) is 3.99. The smallest absolute Gasteiger partial charge is 0.479 e. The van der Waals surface area contributed by atoms with Crippen LogP contribution in [-0.4, -0.2) is 40.6 Å². The van der Waals surface area contributed by atoms with Crippen molar-refractivity contribution in [2.75, 3.05) is 6.61 Å². The van der Waals surface area contributed by atoms with Crippen LogP contribution in [0, 0.1) is 6.92 Å². The highest BCUT2D eigenvalue weighted by atomic mass is 19.4. The van der Waals surface area contributed by atoms with Crippen LogP contribution in [0.5, 0.6) is 5.75 Å². The van der Waals surface area contributed by atoms with Gasteiger partial charge in [-0.2, -0.15) is 0 Å². The van der Waals surface area contributed by atoms with E-state index in [9.17, 15) is 27.9 Å². The van der Waals surface area contributed by atoms with Crippen molar-refractivity contribution in [2.45, 2.75) is 46.1 Å². The van der Waals surface area contributed by atoms with Crippen LogP contribution >= 0.6 is 0 Å². The molecule has 6 nitrogen and oxygen atoms in total. The predicted octanol–water partition coefficient (Wildman–Crippen LogP) is 5.13. The second kappa shape index (κ2) is 9.66. The number of ether oxygens (including phenoxy) is 2. The molecule has 0 aliphatic rings. The lowest BCUT2D eigenvalue weighted by Crippen LogP contribution is -2.26. The van der Waals surface area contributed by atoms with Crippen molar-refractivity contribution in [1.82, 2.24) is 4.57 Å². The maximum Gasteiger partial charge on any atom is 0.573 e. The Morgan fingerprint density at radius 3 is 2.42 bits per heavy atom.